The maximum atomic E-state index is 10.0. The van der Waals surface area contributed by atoms with E-state index in [-0.39, 0.29) is 5.75 Å². The number of imidazole rings is 1. The summed E-state index contributed by atoms with van der Waals surface area (Å²) in [6.45, 7) is 0.401. The number of nitrogens with one attached hydrogen (secondary N) is 1. The van der Waals surface area contributed by atoms with Crippen molar-refractivity contribution in [3.63, 3.8) is 0 Å². The molecule has 2 N–H and O–H groups in total. The minimum Gasteiger partial charge on any atom is -0.504 e. The topological polar surface area (TPSA) is 58.1 Å². The first-order valence-electron chi connectivity index (χ1n) is 7.74. The molecule has 0 bridgehead atoms. The number of ether oxygens (including phenoxy) is 1. The molecule has 4 heteroatoms. The highest BCUT2D eigenvalue weighted by Crippen LogP contribution is 2.32. The summed E-state index contributed by atoms with van der Waals surface area (Å²) in [5, 5.41) is 10.0. The van der Waals surface area contributed by atoms with Crippen LogP contribution in [0.1, 0.15) is 5.56 Å². The molecular formula is C20H16N2O2. The van der Waals surface area contributed by atoms with Gasteiger partial charge < -0.3 is 14.8 Å². The Balaban J connectivity index is 1.63. The first-order chi connectivity index (χ1) is 11.8. The van der Waals surface area contributed by atoms with Gasteiger partial charge in [0.15, 0.2) is 11.5 Å². The van der Waals surface area contributed by atoms with E-state index in [0.29, 0.717) is 12.4 Å². The van der Waals surface area contributed by atoms with E-state index in [1.165, 1.54) is 0 Å². The maximum Gasteiger partial charge on any atom is 0.162 e. The van der Waals surface area contributed by atoms with Crippen LogP contribution in [0.5, 0.6) is 11.5 Å². The van der Waals surface area contributed by atoms with Crippen LogP contribution in [0.3, 0.4) is 0 Å². The van der Waals surface area contributed by atoms with Gasteiger partial charge in [0.1, 0.15) is 12.4 Å². The molecule has 4 rings (SSSR count). The summed E-state index contributed by atoms with van der Waals surface area (Å²) in [7, 11) is 0. The van der Waals surface area contributed by atoms with E-state index in [4.69, 9.17) is 4.74 Å². The number of fused-ring (bicyclic) bond motifs is 1. The van der Waals surface area contributed by atoms with Crippen LogP contribution in [-0.2, 0) is 6.61 Å². The van der Waals surface area contributed by atoms with Gasteiger partial charge in [0.05, 0.1) is 11.0 Å². The van der Waals surface area contributed by atoms with Crippen molar-refractivity contribution in [2.75, 3.05) is 0 Å². The van der Waals surface area contributed by atoms with E-state index >= 15 is 0 Å². The molecule has 0 amide bonds. The molecule has 0 saturated carbocycles. The van der Waals surface area contributed by atoms with Crippen LogP contribution >= 0.6 is 0 Å². The summed E-state index contributed by atoms with van der Waals surface area (Å²) >= 11 is 0. The molecule has 4 aromatic rings. The molecular weight excluding hydrogens is 300 g/mol. The largest absolute Gasteiger partial charge is 0.504 e. The number of benzene rings is 3. The summed E-state index contributed by atoms with van der Waals surface area (Å²) < 4.78 is 5.77. The van der Waals surface area contributed by atoms with Crippen molar-refractivity contribution in [1.82, 2.24) is 9.97 Å². The molecule has 3 aromatic carbocycles. The number of phenols is 1. The number of aromatic amines is 1. The summed E-state index contributed by atoms with van der Waals surface area (Å²) in [6, 6.07) is 23.0. The summed E-state index contributed by atoms with van der Waals surface area (Å²) in [6.07, 6.45) is 0. The number of phenolic OH excluding ortho intramolecular Hbond substituents is 1. The summed E-state index contributed by atoms with van der Waals surface area (Å²) in [5.41, 5.74) is 3.80. The first-order valence-corrected chi connectivity index (χ1v) is 7.74. The molecule has 24 heavy (non-hydrogen) atoms. The van der Waals surface area contributed by atoms with Crippen molar-refractivity contribution in [3.8, 4) is 22.9 Å². The number of rotatable bonds is 4. The number of para-hydroxylation sites is 2. The Bertz CT molecular complexity index is 944. The fourth-order valence-corrected chi connectivity index (χ4v) is 2.60. The van der Waals surface area contributed by atoms with Gasteiger partial charge in [-0.05, 0) is 35.9 Å². The number of hydrogen-bond donors (Lipinski definition) is 2. The van der Waals surface area contributed by atoms with Crippen LogP contribution in [-0.4, -0.2) is 15.1 Å². The molecule has 1 aromatic heterocycles. The average molecular weight is 316 g/mol. The Morgan fingerprint density at radius 3 is 2.54 bits per heavy atom. The molecule has 0 fully saturated rings. The van der Waals surface area contributed by atoms with E-state index in [1.807, 2.05) is 60.7 Å². The average Bonchev–Trinajstić information content (AvgIpc) is 3.06. The number of nitrogens with zero attached hydrogens (tertiary/aromatic N) is 1. The van der Waals surface area contributed by atoms with E-state index in [9.17, 15) is 5.11 Å². The minimum atomic E-state index is 0.116. The van der Waals surface area contributed by atoms with Gasteiger partial charge in [-0.1, -0.05) is 42.5 Å². The van der Waals surface area contributed by atoms with Crippen LogP contribution in [0.25, 0.3) is 22.4 Å². The van der Waals surface area contributed by atoms with Crippen LogP contribution < -0.4 is 4.74 Å². The van der Waals surface area contributed by atoms with Gasteiger partial charge in [0.2, 0.25) is 0 Å². The maximum absolute atomic E-state index is 10.0. The molecule has 0 atom stereocenters. The smallest absolute Gasteiger partial charge is 0.162 e. The monoisotopic (exact) mass is 316 g/mol. The number of hydrogen-bond acceptors (Lipinski definition) is 3. The van der Waals surface area contributed by atoms with E-state index in [2.05, 4.69) is 9.97 Å². The fourth-order valence-electron chi connectivity index (χ4n) is 2.60. The Morgan fingerprint density at radius 1 is 0.917 bits per heavy atom. The van der Waals surface area contributed by atoms with Crippen molar-refractivity contribution in [2.45, 2.75) is 6.61 Å². The molecule has 0 unspecified atom stereocenters. The van der Waals surface area contributed by atoms with E-state index < -0.39 is 0 Å². The minimum absolute atomic E-state index is 0.116. The third-order valence-electron chi connectivity index (χ3n) is 3.86. The molecule has 0 radical (unpaired) electrons. The molecule has 0 aliphatic carbocycles. The molecule has 118 valence electrons. The normalized spacial score (nSPS) is 10.8. The molecule has 4 nitrogen and oxygen atoms in total. The lowest BCUT2D eigenvalue weighted by molar-refractivity contribution is 0.289. The molecule has 0 saturated heterocycles. The number of aromatic hydroxyl groups is 1. The van der Waals surface area contributed by atoms with Crippen LogP contribution in [0.15, 0.2) is 72.8 Å². The quantitative estimate of drug-likeness (QED) is 0.582. The third kappa shape index (κ3) is 2.82. The second-order valence-corrected chi connectivity index (χ2v) is 5.56. The lowest BCUT2D eigenvalue weighted by atomic mass is 10.2. The zero-order chi connectivity index (χ0) is 16.4. The summed E-state index contributed by atoms with van der Waals surface area (Å²) in [4.78, 5) is 7.86. The standard InChI is InChI=1S/C20H16N2O2/c23-18-11-10-15(20-21-16-8-4-5-9-17(16)22-20)12-19(18)24-13-14-6-2-1-3-7-14/h1-12,23H,13H2,(H,21,22). The van der Waals surface area contributed by atoms with Crippen molar-refractivity contribution >= 4 is 11.0 Å². The lowest BCUT2D eigenvalue weighted by Gasteiger charge is -2.09. The molecule has 0 aliphatic heterocycles. The fraction of sp³-hybridized carbons (Fsp3) is 0.0500. The highest BCUT2D eigenvalue weighted by atomic mass is 16.5. The van der Waals surface area contributed by atoms with Gasteiger partial charge in [-0.15, -0.1) is 0 Å². The van der Waals surface area contributed by atoms with Gasteiger partial charge in [0.25, 0.3) is 0 Å². The second-order valence-electron chi connectivity index (χ2n) is 5.56. The van der Waals surface area contributed by atoms with Gasteiger partial charge in [0, 0.05) is 5.56 Å². The SMILES string of the molecule is Oc1ccc(-c2nc3ccccc3[nH]2)cc1OCc1ccccc1. The predicted octanol–water partition coefficient (Wildman–Crippen LogP) is 4.51. The Hall–Kier alpha value is -3.27. The number of H-pyrrole nitrogens is 1. The van der Waals surface area contributed by atoms with Gasteiger partial charge in [-0.3, -0.25) is 0 Å². The highest BCUT2D eigenvalue weighted by molar-refractivity contribution is 5.79. The number of aromatic nitrogens is 2. The highest BCUT2D eigenvalue weighted by Gasteiger charge is 2.09. The first kappa shape index (κ1) is 14.3. The Labute approximate surface area is 139 Å². The molecule has 1 heterocycles. The summed E-state index contributed by atoms with van der Waals surface area (Å²) in [5.74, 6) is 1.31. The van der Waals surface area contributed by atoms with Crippen molar-refractivity contribution < 1.29 is 9.84 Å². The van der Waals surface area contributed by atoms with Crippen molar-refractivity contribution in [1.29, 1.82) is 0 Å². The zero-order valence-electron chi connectivity index (χ0n) is 12.9. The second kappa shape index (κ2) is 6.08. The lowest BCUT2D eigenvalue weighted by Crippen LogP contribution is -1.95. The zero-order valence-corrected chi connectivity index (χ0v) is 12.9. The Morgan fingerprint density at radius 2 is 1.71 bits per heavy atom. The third-order valence-corrected chi connectivity index (χ3v) is 3.86. The molecule has 0 spiro atoms. The van der Waals surface area contributed by atoms with Crippen LogP contribution in [0.2, 0.25) is 0 Å². The van der Waals surface area contributed by atoms with Crippen LogP contribution in [0, 0.1) is 0 Å². The van der Waals surface area contributed by atoms with E-state index in [0.717, 1.165) is 28.0 Å². The Kier molecular flexibility index (Phi) is 3.63. The van der Waals surface area contributed by atoms with E-state index in [1.54, 1.807) is 12.1 Å². The van der Waals surface area contributed by atoms with Gasteiger partial charge >= 0.3 is 0 Å². The molecule has 0 aliphatic rings. The van der Waals surface area contributed by atoms with Gasteiger partial charge in [-0.25, -0.2) is 4.98 Å². The van der Waals surface area contributed by atoms with Gasteiger partial charge in [-0.2, -0.15) is 0 Å². The van der Waals surface area contributed by atoms with Crippen LogP contribution in [0.4, 0.5) is 0 Å². The van der Waals surface area contributed by atoms with Crippen molar-refractivity contribution in [3.05, 3.63) is 78.4 Å². The predicted molar refractivity (Wildman–Crippen MR) is 94.0 cm³/mol. The van der Waals surface area contributed by atoms with Crippen molar-refractivity contribution in [2.24, 2.45) is 0 Å².